The van der Waals surface area contributed by atoms with Crippen molar-refractivity contribution in [3.63, 3.8) is 0 Å². The van der Waals surface area contributed by atoms with Gasteiger partial charge < -0.3 is 4.74 Å². The largest absolute Gasteiger partial charge is 0.495 e. The highest BCUT2D eigenvalue weighted by molar-refractivity contribution is 7.92. The van der Waals surface area contributed by atoms with Gasteiger partial charge in [0, 0.05) is 0 Å². The van der Waals surface area contributed by atoms with Gasteiger partial charge in [0.2, 0.25) is 0 Å². The number of ether oxygens (including phenoxy) is 1. The van der Waals surface area contributed by atoms with E-state index in [1.165, 1.54) is 19.2 Å². The third-order valence-electron chi connectivity index (χ3n) is 3.05. The maximum absolute atomic E-state index is 13.3. The van der Waals surface area contributed by atoms with Crippen molar-refractivity contribution in [2.75, 3.05) is 11.8 Å². The molecule has 4 nitrogen and oxygen atoms in total. The number of halogens is 1. The van der Waals surface area contributed by atoms with Crippen molar-refractivity contribution in [3.8, 4) is 5.75 Å². The molecule has 1 N–H and O–H groups in total. The van der Waals surface area contributed by atoms with Crippen LogP contribution in [0.4, 0.5) is 10.1 Å². The second-order valence-corrected chi connectivity index (χ2v) is 6.29. The van der Waals surface area contributed by atoms with Crippen molar-refractivity contribution in [1.29, 1.82) is 0 Å². The SMILES string of the molecule is COc1ccccc1NS(=O)(=O)c1c(C)cc(F)cc1C. The van der Waals surface area contributed by atoms with E-state index >= 15 is 0 Å². The third-order valence-corrected chi connectivity index (χ3v) is 4.72. The zero-order chi connectivity index (χ0) is 15.6. The average Bonchev–Trinajstić information content (AvgIpc) is 2.37. The lowest BCUT2D eigenvalue weighted by Crippen LogP contribution is -2.16. The Hall–Kier alpha value is -2.08. The Kier molecular flexibility index (Phi) is 4.18. The van der Waals surface area contributed by atoms with Crippen molar-refractivity contribution >= 4 is 15.7 Å². The van der Waals surface area contributed by atoms with Crippen LogP contribution in [0.1, 0.15) is 11.1 Å². The van der Waals surface area contributed by atoms with Gasteiger partial charge in [0.25, 0.3) is 10.0 Å². The molecule has 0 amide bonds. The van der Waals surface area contributed by atoms with Crippen LogP contribution in [0.25, 0.3) is 0 Å². The molecular weight excluding hydrogens is 293 g/mol. The van der Waals surface area contributed by atoms with Crippen LogP contribution in [0.3, 0.4) is 0 Å². The van der Waals surface area contributed by atoms with Crippen LogP contribution in [0.5, 0.6) is 5.75 Å². The van der Waals surface area contributed by atoms with E-state index < -0.39 is 15.8 Å². The minimum atomic E-state index is -3.82. The van der Waals surface area contributed by atoms with E-state index in [0.717, 1.165) is 0 Å². The minimum Gasteiger partial charge on any atom is -0.495 e. The normalized spacial score (nSPS) is 11.2. The molecule has 0 aliphatic carbocycles. The molecule has 0 atom stereocenters. The lowest BCUT2D eigenvalue weighted by Gasteiger charge is -2.15. The third kappa shape index (κ3) is 3.16. The van der Waals surface area contributed by atoms with E-state index in [1.54, 1.807) is 38.1 Å². The molecule has 0 fully saturated rings. The van der Waals surface area contributed by atoms with Gasteiger partial charge >= 0.3 is 0 Å². The number of anilines is 1. The summed E-state index contributed by atoms with van der Waals surface area (Å²) in [7, 11) is -2.36. The lowest BCUT2D eigenvalue weighted by atomic mass is 10.1. The molecule has 0 unspecified atom stereocenters. The molecule has 2 aromatic rings. The van der Waals surface area contributed by atoms with Gasteiger partial charge in [-0.25, -0.2) is 12.8 Å². The average molecular weight is 309 g/mol. The first-order valence-corrected chi connectivity index (χ1v) is 7.76. The number of benzene rings is 2. The highest BCUT2D eigenvalue weighted by Crippen LogP contribution is 2.28. The first-order chi connectivity index (χ1) is 9.85. The van der Waals surface area contributed by atoms with Gasteiger partial charge in [-0.15, -0.1) is 0 Å². The predicted molar refractivity (Wildman–Crippen MR) is 79.7 cm³/mol. The summed E-state index contributed by atoms with van der Waals surface area (Å²) in [6.45, 7) is 3.12. The zero-order valence-corrected chi connectivity index (χ0v) is 12.8. The standard InChI is InChI=1S/C15H16FNO3S/c1-10-8-12(16)9-11(2)15(10)21(18,19)17-13-6-4-5-7-14(13)20-3/h4-9,17H,1-3H3. The van der Waals surface area contributed by atoms with Crippen LogP contribution in [-0.4, -0.2) is 15.5 Å². The summed E-state index contributed by atoms with van der Waals surface area (Å²) in [6, 6.07) is 9.09. The molecule has 2 aromatic carbocycles. The summed E-state index contributed by atoms with van der Waals surface area (Å²) in [5.41, 5.74) is 1.05. The molecule has 2 rings (SSSR count). The summed E-state index contributed by atoms with van der Waals surface area (Å²) in [5, 5.41) is 0. The van der Waals surface area contributed by atoms with E-state index in [0.29, 0.717) is 22.6 Å². The fourth-order valence-corrected chi connectivity index (χ4v) is 3.77. The van der Waals surface area contributed by atoms with Crippen molar-refractivity contribution < 1.29 is 17.5 Å². The molecule has 0 bridgehead atoms. The molecule has 0 saturated carbocycles. The van der Waals surface area contributed by atoms with Gasteiger partial charge in [0.05, 0.1) is 17.7 Å². The van der Waals surface area contributed by atoms with Gasteiger partial charge in [-0.2, -0.15) is 0 Å². The lowest BCUT2D eigenvalue weighted by molar-refractivity contribution is 0.417. The number of para-hydroxylation sites is 2. The van der Waals surface area contributed by atoms with Crippen molar-refractivity contribution in [2.45, 2.75) is 18.7 Å². The van der Waals surface area contributed by atoms with E-state index in [2.05, 4.69) is 4.72 Å². The van der Waals surface area contributed by atoms with Crippen LogP contribution < -0.4 is 9.46 Å². The molecule has 0 aliphatic rings. The van der Waals surface area contributed by atoms with E-state index in [1.807, 2.05) is 0 Å². The maximum Gasteiger partial charge on any atom is 0.262 e. The van der Waals surface area contributed by atoms with Crippen LogP contribution in [0.15, 0.2) is 41.3 Å². The molecular formula is C15H16FNO3S. The van der Waals surface area contributed by atoms with Crippen molar-refractivity contribution in [2.24, 2.45) is 0 Å². The number of hydrogen-bond donors (Lipinski definition) is 1. The Balaban J connectivity index is 2.49. The molecule has 0 radical (unpaired) electrons. The number of aryl methyl sites for hydroxylation is 2. The summed E-state index contributed by atoms with van der Waals surface area (Å²) in [4.78, 5) is 0.0785. The van der Waals surface area contributed by atoms with Crippen LogP contribution in [0, 0.1) is 19.7 Å². The fourth-order valence-electron chi connectivity index (χ4n) is 2.25. The molecule has 0 heterocycles. The zero-order valence-electron chi connectivity index (χ0n) is 12.0. The molecule has 21 heavy (non-hydrogen) atoms. The van der Waals surface area contributed by atoms with Gasteiger partial charge in [0.1, 0.15) is 11.6 Å². The maximum atomic E-state index is 13.3. The van der Waals surface area contributed by atoms with E-state index in [4.69, 9.17) is 4.74 Å². The number of rotatable bonds is 4. The first kappa shape index (κ1) is 15.3. The first-order valence-electron chi connectivity index (χ1n) is 6.27. The molecule has 0 aliphatic heterocycles. The van der Waals surface area contributed by atoms with Crippen molar-refractivity contribution in [1.82, 2.24) is 0 Å². The van der Waals surface area contributed by atoms with Gasteiger partial charge in [0.15, 0.2) is 0 Å². The van der Waals surface area contributed by atoms with Gasteiger partial charge in [-0.05, 0) is 49.2 Å². The smallest absolute Gasteiger partial charge is 0.262 e. The highest BCUT2D eigenvalue weighted by Gasteiger charge is 2.21. The quantitative estimate of drug-likeness (QED) is 0.943. The predicted octanol–water partition coefficient (Wildman–Crippen LogP) is 3.25. The number of methoxy groups -OCH3 is 1. The molecule has 6 heteroatoms. The second kappa shape index (κ2) is 5.73. The summed E-state index contributed by atoms with van der Waals surface area (Å²) in [5.74, 6) is -0.0419. The second-order valence-electron chi connectivity index (χ2n) is 4.67. The van der Waals surface area contributed by atoms with Crippen LogP contribution in [0.2, 0.25) is 0 Å². The summed E-state index contributed by atoms with van der Waals surface area (Å²) >= 11 is 0. The number of sulfonamides is 1. The minimum absolute atomic E-state index is 0.0785. The van der Waals surface area contributed by atoms with Crippen molar-refractivity contribution in [3.05, 3.63) is 53.3 Å². The Labute approximate surface area is 123 Å². The van der Waals surface area contributed by atoms with Gasteiger partial charge in [-0.1, -0.05) is 12.1 Å². The Morgan fingerprint density at radius 2 is 1.67 bits per heavy atom. The Bertz CT molecular complexity index is 749. The van der Waals surface area contributed by atoms with E-state index in [9.17, 15) is 12.8 Å². The summed E-state index contributed by atoms with van der Waals surface area (Å²) < 4.78 is 46.0. The number of hydrogen-bond acceptors (Lipinski definition) is 3. The Morgan fingerprint density at radius 1 is 1.10 bits per heavy atom. The van der Waals surface area contributed by atoms with Gasteiger partial charge in [-0.3, -0.25) is 4.72 Å². The highest BCUT2D eigenvalue weighted by atomic mass is 32.2. The molecule has 0 spiro atoms. The topological polar surface area (TPSA) is 55.4 Å². The number of nitrogens with one attached hydrogen (secondary N) is 1. The molecule has 0 aromatic heterocycles. The molecule has 0 saturated heterocycles. The monoisotopic (exact) mass is 309 g/mol. The van der Waals surface area contributed by atoms with Crippen LogP contribution >= 0.6 is 0 Å². The van der Waals surface area contributed by atoms with E-state index in [-0.39, 0.29) is 4.90 Å². The Morgan fingerprint density at radius 3 is 2.24 bits per heavy atom. The fraction of sp³-hybridized carbons (Fsp3) is 0.200. The molecule has 112 valence electrons. The van der Waals surface area contributed by atoms with Crippen LogP contribution in [-0.2, 0) is 10.0 Å². The summed E-state index contributed by atoms with van der Waals surface area (Å²) in [6.07, 6.45) is 0.